The molecule has 112 valence electrons. The lowest BCUT2D eigenvalue weighted by Crippen LogP contribution is -2.36. The first-order chi connectivity index (χ1) is 9.95. The van der Waals surface area contributed by atoms with E-state index in [4.69, 9.17) is 9.52 Å². The van der Waals surface area contributed by atoms with E-state index in [-0.39, 0.29) is 24.3 Å². The molecular weight excluding hydrogens is 294 g/mol. The quantitative estimate of drug-likeness (QED) is 0.786. The van der Waals surface area contributed by atoms with Gasteiger partial charge in [-0.3, -0.25) is 0 Å². The number of carboxylic acids is 1. The molecule has 0 saturated carbocycles. The fourth-order valence-corrected chi connectivity index (χ4v) is 2.44. The average molecular weight is 309 g/mol. The molecule has 0 saturated heterocycles. The van der Waals surface area contributed by atoms with Crippen LogP contribution in [-0.2, 0) is 6.54 Å². The Bertz CT molecular complexity index is 649. The van der Waals surface area contributed by atoms with E-state index in [1.165, 1.54) is 16.7 Å². The van der Waals surface area contributed by atoms with E-state index in [0.717, 1.165) is 5.76 Å². The molecule has 7 nitrogen and oxygen atoms in total. The van der Waals surface area contributed by atoms with Crippen molar-refractivity contribution in [2.24, 2.45) is 0 Å². The number of nitrogens with one attached hydrogen (secondary N) is 2. The van der Waals surface area contributed by atoms with E-state index in [1.54, 1.807) is 13.0 Å². The normalized spacial score (nSPS) is 11.9. The van der Waals surface area contributed by atoms with Gasteiger partial charge in [0.2, 0.25) is 0 Å². The third-order valence-electron chi connectivity index (χ3n) is 2.68. The lowest BCUT2D eigenvalue weighted by molar-refractivity contribution is 0.0691. The van der Waals surface area contributed by atoms with Crippen molar-refractivity contribution in [1.82, 2.24) is 15.6 Å². The van der Waals surface area contributed by atoms with Crippen LogP contribution in [0.5, 0.6) is 0 Å². The van der Waals surface area contributed by atoms with Crippen molar-refractivity contribution in [3.63, 3.8) is 0 Å². The third kappa shape index (κ3) is 4.06. The van der Waals surface area contributed by atoms with Crippen LogP contribution in [0, 0.1) is 6.92 Å². The summed E-state index contributed by atoms with van der Waals surface area (Å²) in [6.07, 6.45) is 0. The zero-order chi connectivity index (χ0) is 15.4. The summed E-state index contributed by atoms with van der Waals surface area (Å²) in [6, 6.07) is 2.87. The first-order valence-corrected chi connectivity index (χ1v) is 7.12. The first-order valence-electron chi connectivity index (χ1n) is 6.24. The number of aryl methyl sites for hydroxylation is 1. The van der Waals surface area contributed by atoms with Gasteiger partial charge < -0.3 is 20.2 Å². The third-order valence-corrected chi connectivity index (χ3v) is 3.71. The van der Waals surface area contributed by atoms with Crippen LogP contribution in [0.1, 0.15) is 40.0 Å². The Kier molecular flexibility index (Phi) is 4.59. The maximum Gasteiger partial charge on any atom is 0.355 e. The van der Waals surface area contributed by atoms with Crippen molar-refractivity contribution in [3.05, 3.63) is 39.7 Å². The summed E-state index contributed by atoms with van der Waals surface area (Å²) in [6.45, 7) is 3.85. The minimum atomic E-state index is -1.08. The van der Waals surface area contributed by atoms with E-state index in [1.807, 2.05) is 13.0 Å². The summed E-state index contributed by atoms with van der Waals surface area (Å²) < 4.78 is 5.34. The van der Waals surface area contributed by atoms with Gasteiger partial charge in [-0.25, -0.2) is 14.6 Å². The monoisotopic (exact) mass is 309 g/mol. The number of thiazole rings is 1. The highest BCUT2D eigenvalue weighted by molar-refractivity contribution is 7.09. The number of rotatable bonds is 5. The fraction of sp³-hybridized carbons (Fsp3) is 0.308. The molecule has 1 unspecified atom stereocenters. The molecular formula is C13H15N3O4S. The summed E-state index contributed by atoms with van der Waals surface area (Å²) in [4.78, 5) is 26.4. The highest BCUT2D eigenvalue weighted by Gasteiger charge is 2.15. The molecule has 8 heteroatoms. The van der Waals surface area contributed by atoms with Crippen molar-refractivity contribution in [1.29, 1.82) is 0 Å². The maximum atomic E-state index is 11.7. The van der Waals surface area contributed by atoms with Gasteiger partial charge in [0.05, 0.1) is 12.6 Å². The number of nitrogens with zero attached hydrogens (tertiary/aromatic N) is 1. The molecule has 0 radical (unpaired) electrons. The Balaban J connectivity index is 1.85. The number of carboxylic acid groups (broad SMARTS) is 1. The molecule has 2 aromatic rings. The molecule has 0 aliphatic heterocycles. The van der Waals surface area contributed by atoms with Gasteiger partial charge in [-0.15, -0.1) is 11.3 Å². The van der Waals surface area contributed by atoms with Crippen LogP contribution in [0.2, 0.25) is 0 Å². The zero-order valence-corrected chi connectivity index (χ0v) is 12.4. The molecule has 2 aromatic heterocycles. The Morgan fingerprint density at radius 2 is 2.24 bits per heavy atom. The zero-order valence-electron chi connectivity index (χ0n) is 11.5. The van der Waals surface area contributed by atoms with Crippen molar-refractivity contribution >= 4 is 23.3 Å². The van der Waals surface area contributed by atoms with Crippen LogP contribution in [0.15, 0.2) is 21.9 Å². The summed E-state index contributed by atoms with van der Waals surface area (Å²) in [5, 5.41) is 16.1. The first kappa shape index (κ1) is 15.0. The molecule has 0 aromatic carbocycles. The summed E-state index contributed by atoms with van der Waals surface area (Å²) in [5.74, 6) is 0.365. The lowest BCUT2D eigenvalue weighted by Gasteiger charge is -2.11. The van der Waals surface area contributed by atoms with E-state index in [0.29, 0.717) is 10.8 Å². The molecule has 2 rings (SSSR count). The van der Waals surface area contributed by atoms with Crippen molar-refractivity contribution in [2.45, 2.75) is 26.4 Å². The highest BCUT2D eigenvalue weighted by atomic mass is 32.1. The number of amides is 2. The summed E-state index contributed by atoms with van der Waals surface area (Å²) >= 11 is 1.19. The molecule has 3 N–H and O–H groups in total. The second-order valence-corrected chi connectivity index (χ2v) is 5.33. The Hall–Kier alpha value is -2.35. The number of aromatic nitrogens is 1. The molecule has 0 bridgehead atoms. The minimum absolute atomic E-state index is 0.0184. The maximum absolute atomic E-state index is 11.7. The molecule has 0 aliphatic carbocycles. The van der Waals surface area contributed by atoms with Gasteiger partial charge >= 0.3 is 12.0 Å². The minimum Gasteiger partial charge on any atom is -0.476 e. The highest BCUT2D eigenvalue weighted by Crippen LogP contribution is 2.17. The van der Waals surface area contributed by atoms with Gasteiger partial charge in [0.1, 0.15) is 16.5 Å². The molecule has 0 aliphatic rings. The van der Waals surface area contributed by atoms with Crippen LogP contribution < -0.4 is 10.6 Å². The lowest BCUT2D eigenvalue weighted by atomic mass is 10.3. The van der Waals surface area contributed by atoms with Crippen LogP contribution in [0.4, 0.5) is 4.79 Å². The summed E-state index contributed by atoms with van der Waals surface area (Å²) in [5.41, 5.74) is -0.0184. The SMILES string of the molecule is Cc1ccc(CNC(=O)NC(C)c2nc(C(=O)O)cs2)o1. The largest absolute Gasteiger partial charge is 0.476 e. The van der Waals surface area contributed by atoms with Gasteiger partial charge in [-0.1, -0.05) is 0 Å². The topological polar surface area (TPSA) is 104 Å². The number of carbonyl (C=O) groups excluding carboxylic acids is 1. The van der Waals surface area contributed by atoms with E-state index in [2.05, 4.69) is 15.6 Å². The molecule has 2 amide bonds. The molecule has 21 heavy (non-hydrogen) atoms. The predicted octanol–water partition coefficient (Wildman–Crippen LogP) is 2.30. The van der Waals surface area contributed by atoms with Gasteiger partial charge in [-0.05, 0) is 26.0 Å². The van der Waals surface area contributed by atoms with Gasteiger partial charge in [0, 0.05) is 5.38 Å². The number of carbonyl (C=O) groups is 2. The molecule has 1 atom stereocenters. The standard InChI is InChI=1S/C13H15N3O4S/c1-7-3-4-9(20-7)5-14-13(19)15-8(2)11-16-10(6-21-11)12(17)18/h3-4,6,8H,5H2,1-2H3,(H,17,18)(H2,14,15,19). The Morgan fingerprint density at radius 3 is 2.81 bits per heavy atom. The smallest absolute Gasteiger partial charge is 0.355 e. The van der Waals surface area contributed by atoms with Crippen LogP contribution in [0.25, 0.3) is 0 Å². The second kappa shape index (κ2) is 6.40. The van der Waals surface area contributed by atoms with E-state index < -0.39 is 5.97 Å². The number of furan rings is 1. The van der Waals surface area contributed by atoms with Gasteiger partial charge in [0.25, 0.3) is 0 Å². The van der Waals surface area contributed by atoms with E-state index in [9.17, 15) is 9.59 Å². The number of hydrogen-bond donors (Lipinski definition) is 3. The average Bonchev–Trinajstić information content (AvgIpc) is 3.05. The van der Waals surface area contributed by atoms with Crippen molar-refractivity contribution < 1.29 is 19.1 Å². The van der Waals surface area contributed by atoms with Gasteiger partial charge in [-0.2, -0.15) is 0 Å². The summed E-state index contributed by atoms with van der Waals surface area (Å²) in [7, 11) is 0. The molecule has 0 spiro atoms. The number of aromatic carboxylic acids is 1. The molecule has 2 heterocycles. The van der Waals surface area contributed by atoms with E-state index >= 15 is 0 Å². The van der Waals surface area contributed by atoms with Gasteiger partial charge in [0.15, 0.2) is 5.69 Å². The predicted molar refractivity (Wildman–Crippen MR) is 76.3 cm³/mol. The number of hydrogen-bond acceptors (Lipinski definition) is 5. The Morgan fingerprint density at radius 1 is 1.48 bits per heavy atom. The van der Waals surface area contributed by atoms with Crippen molar-refractivity contribution in [2.75, 3.05) is 0 Å². The van der Waals surface area contributed by atoms with Crippen LogP contribution >= 0.6 is 11.3 Å². The molecule has 0 fully saturated rings. The number of urea groups is 1. The van der Waals surface area contributed by atoms with Crippen molar-refractivity contribution in [3.8, 4) is 0 Å². The van der Waals surface area contributed by atoms with Crippen LogP contribution in [0.3, 0.4) is 0 Å². The second-order valence-electron chi connectivity index (χ2n) is 4.44. The Labute approximate surface area is 125 Å². The van der Waals surface area contributed by atoms with Crippen LogP contribution in [-0.4, -0.2) is 22.1 Å². The fourth-order valence-electron chi connectivity index (χ4n) is 1.64.